The molecular weight excluding hydrogens is 470 g/mol. The molecule has 3 aliphatic heterocycles. The van der Waals surface area contributed by atoms with Crippen molar-refractivity contribution in [1.29, 1.82) is 0 Å². The van der Waals surface area contributed by atoms with Gasteiger partial charge in [-0.3, -0.25) is 14.4 Å². The molecule has 0 aliphatic carbocycles. The molecule has 3 aromatic rings. The highest BCUT2D eigenvalue weighted by Crippen LogP contribution is 2.49. The number of amides is 3. The van der Waals surface area contributed by atoms with Crippen molar-refractivity contribution in [1.82, 2.24) is 0 Å². The molecule has 0 bridgehead atoms. The fourth-order valence-corrected chi connectivity index (χ4v) is 5.76. The predicted octanol–water partition coefficient (Wildman–Crippen LogP) is 3.73. The maximum atomic E-state index is 14.0. The lowest BCUT2D eigenvalue weighted by Gasteiger charge is -2.36. The van der Waals surface area contributed by atoms with Crippen LogP contribution >= 0.6 is 0 Å². The number of benzene rings is 3. The number of anilines is 3. The molecule has 3 amide bonds. The second-order valence-corrected chi connectivity index (χ2v) is 9.22. The third-order valence-electron chi connectivity index (χ3n) is 7.36. The summed E-state index contributed by atoms with van der Waals surface area (Å²) >= 11 is 0. The maximum Gasteiger partial charge on any atom is 0.248 e. The van der Waals surface area contributed by atoms with Crippen LogP contribution in [0.3, 0.4) is 0 Å². The Balaban J connectivity index is 1.44. The van der Waals surface area contributed by atoms with Gasteiger partial charge in [0.25, 0.3) is 0 Å². The van der Waals surface area contributed by atoms with E-state index in [0.29, 0.717) is 22.9 Å². The van der Waals surface area contributed by atoms with Gasteiger partial charge in [-0.25, -0.2) is 4.90 Å². The Hall–Kier alpha value is -4.59. The van der Waals surface area contributed by atoms with Crippen LogP contribution < -0.4 is 24.6 Å². The Morgan fingerprint density at radius 2 is 1.59 bits per heavy atom. The van der Waals surface area contributed by atoms with Gasteiger partial charge >= 0.3 is 0 Å². The summed E-state index contributed by atoms with van der Waals surface area (Å²) in [5.41, 5.74) is 2.67. The Morgan fingerprint density at radius 1 is 0.865 bits per heavy atom. The van der Waals surface area contributed by atoms with Crippen LogP contribution in [-0.4, -0.2) is 44.0 Å². The lowest BCUT2D eigenvalue weighted by atomic mass is 9.88. The van der Waals surface area contributed by atoms with E-state index in [0.717, 1.165) is 11.3 Å². The quantitative estimate of drug-likeness (QED) is 0.543. The van der Waals surface area contributed by atoms with Crippen molar-refractivity contribution in [3.63, 3.8) is 0 Å². The van der Waals surface area contributed by atoms with Crippen molar-refractivity contribution < 1.29 is 23.9 Å². The molecule has 0 spiro atoms. The van der Waals surface area contributed by atoms with Crippen molar-refractivity contribution in [3.8, 4) is 11.5 Å². The Morgan fingerprint density at radius 3 is 2.35 bits per heavy atom. The fraction of sp³-hybridized carbons (Fsp3) is 0.207. The number of nitrogens with one attached hydrogen (secondary N) is 1. The van der Waals surface area contributed by atoms with Gasteiger partial charge in [0.2, 0.25) is 17.7 Å². The third-order valence-corrected chi connectivity index (χ3v) is 7.36. The zero-order valence-corrected chi connectivity index (χ0v) is 20.3. The monoisotopic (exact) mass is 495 g/mol. The number of nitrogens with zero attached hydrogens (tertiary/aromatic N) is 2. The van der Waals surface area contributed by atoms with Crippen molar-refractivity contribution in [2.45, 2.75) is 12.1 Å². The molecule has 0 aromatic heterocycles. The third kappa shape index (κ3) is 3.48. The van der Waals surface area contributed by atoms with E-state index in [1.165, 1.54) is 19.1 Å². The smallest absolute Gasteiger partial charge is 0.248 e. The Labute approximate surface area is 214 Å². The number of imide groups is 1. The van der Waals surface area contributed by atoms with E-state index >= 15 is 0 Å². The number of ether oxygens (including phenoxy) is 2. The number of rotatable bonds is 5. The molecule has 0 saturated carbocycles. The first-order valence-electron chi connectivity index (χ1n) is 12.0. The van der Waals surface area contributed by atoms with E-state index in [2.05, 4.69) is 5.32 Å². The molecule has 2 fully saturated rings. The van der Waals surface area contributed by atoms with Crippen LogP contribution in [0.2, 0.25) is 0 Å². The molecule has 186 valence electrons. The molecule has 3 aromatic carbocycles. The summed E-state index contributed by atoms with van der Waals surface area (Å²) in [6.45, 7) is 0. The van der Waals surface area contributed by atoms with E-state index in [4.69, 9.17) is 9.47 Å². The van der Waals surface area contributed by atoms with Crippen LogP contribution in [0.25, 0.3) is 6.08 Å². The lowest BCUT2D eigenvalue weighted by Crippen LogP contribution is -2.50. The summed E-state index contributed by atoms with van der Waals surface area (Å²) in [5, 5.41) is 2.95. The van der Waals surface area contributed by atoms with Crippen LogP contribution in [-0.2, 0) is 14.4 Å². The van der Waals surface area contributed by atoms with Crippen molar-refractivity contribution >= 4 is 40.9 Å². The fourth-order valence-electron chi connectivity index (χ4n) is 5.76. The minimum Gasteiger partial charge on any atom is -0.497 e. The van der Waals surface area contributed by atoms with Gasteiger partial charge in [0, 0.05) is 11.8 Å². The molecule has 4 atom stereocenters. The molecule has 0 radical (unpaired) electrons. The number of methoxy groups -OCH3 is 2. The van der Waals surface area contributed by atoms with Crippen LogP contribution in [0.1, 0.15) is 5.56 Å². The van der Waals surface area contributed by atoms with Crippen molar-refractivity contribution in [3.05, 3.63) is 84.4 Å². The number of para-hydroxylation sites is 2. The van der Waals surface area contributed by atoms with Crippen LogP contribution in [0.4, 0.5) is 17.1 Å². The second kappa shape index (κ2) is 8.81. The Kier molecular flexibility index (Phi) is 5.44. The molecule has 6 rings (SSSR count). The highest BCUT2D eigenvalue weighted by Gasteiger charge is 2.64. The van der Waals surface area contributed by atoms with Gasteiger partial charge in [-0.1, -0.05) is 48.6 Å². The SMILES string of the molecule is COc1ccc(OC)c(NC(=O)[C@@H]2[C@@H]3C(=O)N(c4ccccc4)C(=O)[C@@H]3[C@H]3C=Cc4ccccc4N32)c1. The number of fused-ring (bicyclic) bond motifs is 5. The van der Waals surface area contributed by atoms with Crippen molar-refractivity contribution in [2.75, 3.05) is 29.3 Å². The predicted molar refractivity (Wildman–Crippen MR) is 140 cm³/mol. The van der Waals surface area contributed by atoms with Gasteiger partial charge in [0.1, 0.15) is 17.5 Å². The molecule has 0 unspecified atom stereocenters. The highest BCUT2D eigenvalue weighted by atomic mass is 16.5. The number of carbonyl (C=O) groups excluding carboxylic acids is 3. The molecule has 3 aliphatic rings. The van der Waals surface area contributed by atoms with E-state index in [9.17, 15) is 14.4 Å². The van der Waals surface area contributed by atoms with Crippen LogP contribution in [0.15, 0.2) is 78.9 Å². The zero-order chi connectivity index (χ0) is 25.7. The normalized spacial score (nSPS) is 23.4. The van der Waals surface area contributed by atoms with E-state index in [-0.39, 0.29) is 11.8 Å². The van der Waals surface area contributed by atoms with E-state index in [1.54, 1.807) is 42.5 Å². The largest absolute Gasteiger partial charge is 0.497 e. The van der Waals surface area contributed by atoms with Crippen LogP contribution in [0, 0.1) is 11.8 Å². The topological polar surface area (TPSA) is 88.2 Å². The summed E-state index contributed by atoms with van der Waals surface area (Å²) < 4.78 is 10.8. The summed E-state index contributed by atoms with van der Waals surface area (Å²) in [7, 11) is 3.05. The first kappa shape index (κ1) is 22.8. The lowest BCUT2D eigenvalue weighted by molar-refractivity contribution is -0.126. The van der Waals surface area contributed by atoms with Gasteiger partial charge in [-0.15, -0.1) is 0 Å². The highest BCUT2D eigenvalue weighted by molar-refractivity contribution is 6.25. The molecule has 8 heteroatoms. The van der Waals surface area contributed by atoms with Gasteiger partial charge in [0.15, 0.2) is 0 Å². The summed E-state index contributed by atoms with van der Waals surface area (Å²) in [4.78, 5) is 44.8. The molecule has 3 heterocycles. The summed E-state index contributed by atoms with van der Waals surface area (Å²) in [5.74, 6) is -1.62. The van der Waals surface area contributed by atoms with Gasteiger partial charge in [-0.2, -0.15) is 0 Å². The standard InChI is InChI=1S/C29H25N3O5/c1-36-19-13-15-23(37-2)20(16-19)30-27(33)26-25-24(22-14-12-17-8-6-7-11-21(17)32(22)26)28(34)31(29(25)35)18-9-4-3-5-10-18/h3-16,22,24-26H,1-2H3,(H,30,33)/t22-,24-,25-,26+/m1/s1. The van der Waals surface area contributed by atoms with E-state index in [1.807, 2.05) is 47.4 Å². The van der Waals surface area contributed by atoms with Crippen LogP contribution in [0.5, 0.6) is 11.5 Å². The summed E-state index contributed by atoms with van der Waals surface area (Å²) in [6, 6.07) is 20.3. The number of hydrogen-bond donors (Lipinski definition) is 1. The average Bonchev–Trinajstić information content (AvgIpc) is 3.41. The zero-order valence-electron chi connectivity index (χ0n) is 20.3. The molecule has 2 saturated heterocycles. The Bertz CT molecular complexity index is 1440. The van der Waals surface area contributed by atoms with Gasteiger partial charge < -0.3 is 19.7 Å². The average molecular weight is 496 g/mol. The second-order valence-electron chi connectivity index (χ2n) is 9.22. The molecule has 37 heavy (non-hydrogen) atoms. The first-order valence-corrected chi connectivity index (χ1v) is 12.0. The van der Waals surface area contributed by atoms with Gasteiger partial charge in [0.05, 0.1) is 43.5 Å². The van der Waals surface area contributed by atoms with Crippen molar-refractivity contribution in [2.24, 2.45) is 11.8 Å². The molecular formula is C29H25N3O5. The van der Waals surface area contributed by atoms with E-state index < -0.39 is 29.8 Å². The minimum atomic E-state index is -0.915. The number of carbonyl (C=O) groups is 3. The number of hydrogen-bond acceptors (Lipinski definition) is 6. The molecule has 8 nitrogen and oxygen atoms in total. The minimum absolute atomic E-state index is 0.297. The summed E-state index contributed by atoms with van der Waals surface area (Å²) in [6.07, 6.45) is 3.89. The maximum absolute atomic E-state index is 14.0. The molecule has 1 N–H and O–H groups in total. The van der Waals surface area contributed by atoms with Gasteiger partial charge in [-0.05, 0) is 35.9 Å². The first-order chi connectivity index (χ1) is 18.0.